The van der Waals surface area contributed by atoms with Crippen LogP contribution < -0.4 is 0 Å². The van der Waals surface area contributed by atoms with Crippen LogP contribution in [-0.4, -0.2) is 10.9 Å². The van der Waals surface area contributed by atoms with Crippen LogP contribution in [-0.2, 0) is 0 Å². The van der Waals surface area contributed by atoms with E-state index in [9.17, 15) is 0 Å². The van der Waals surface area contributed by atoms with Crippen LogP contribution in [0.25, 0.3) is 0 Å². The van der Waals surface area contributed by atoms with Crippen LogP contribution in [0.1, 0.15) is 40.0 Å². The number of rotatable bonds is 0. The molecule has 2 aliphatic carbocycles. The lowest BCUT2D eigenvalue weighted by Crippen LogP contribution is -2.35. The van der Waals surface area contributed by atoms with Crippen molar-refractivity contribution in [2.45, 2.75) is 40.0 Å². The molecule has 0 aromatic heterocycles. The Balaban J connectivity index is 2.45. The number of nitrogens with zero attached hydrogens (tertiary/aromatic N) is 1. The van der Waals surface area contributed by atoms with Gasteiger partial charge in [-0.3, -0.25) is 0 Å². The van der Waals surface area contributed by atoms with Gasteiger partial charge in [-0.15, -0.1) is 0 Å². The van der Waals surface area contributed by atoms with Gasteiger partial charge in [-0.2, -0.15) is 0 Å². The molecule has 2 heteroatoms. The van der Waals surface area contributed by atoms with E-state index < -0.39 is 0 Å². The summed E-state index contributed by atoms with van der Waals surface area (Å²) in [5.41, 5.74) is 1.39. The molecule has 2 rings (SSSR count). The summed E-state index contributed by atoms with van der Waals surface area (Å²) >= 11 is 0. The minimum atomic E-state index is 0.141. The van der Waals surface area contributed by atoms with Crippen molar-refractivity contribution in [3.05, 3.63) is 0 Å². The Hall–Kier alpha value is -0.530. The summed E-state index contributed by atoms with van der Waals surface area (Å²) in [5, 5.41) is 12.5. The van der Waals surface area contributed by atoms with Gasteiger partial charge in [0, 0.05) is 10.8 Å². The van der Waals surface area contributed by atoms with Crippen LogP contribution in [0.5, 0.6) is 0 Å². The number of fused-ring (bicyclic) bond motifs is 2. The molecule has 0 heterocycles. The van der Waals surface area contributed by atoms with E-state index in [4.69, 9.17) is 5.21 Å². The molecule has 12 heavy (non-hydrogen) atoms. The summed E-state index contributed by atoms with van der Waals surface area (Å²) in [4.78, 5) is 0. The van der Waals surface area contributed by atoms with Gasteiger partial charge in [-0.25, -0.2) is 0 Å². The first-order valence-electron chi connectivity index (χ1n) is 4.74. The van der Waals surface area contributed by atoms with E-state index in [1.807, 2.05) is 0 Å². The average Bonchev–Trinajstić information content (AvgIpc) is 2.39. The highest BCUT2D eigenvalue weighted by Gasteiger charge is 2.57. The molecular weight excluding hydrogens is 150 g/mol. The van der Waals surface area contributed by atoms with Crippen LogP contribution >= 0.6 is 0 Å². The maximum absolute atomic E-state index is 8.98. The van der Waals surface area contributed by atoms with Gasteiger partial charge in [0.15, 0.2) is 0 Å². The smallest absolute Gasteiger partial charge is 0.0688 e. The largest absolute Gasteiger partial charge is 0.411 e. The van der Waals surface area contributed by atoms with E-state index in [2.05, 4.69) is 25.9 Å². The lowest BCUT2D eigenvalue weighted by molar-refractivity contribution is 0.279. The molecule has 0 aliphatic heterocycles. The summed E-state index contributed by atoms with van der Waals surface area (Å²) in [6.45, 7) is 6.64. The van der Waals surface area contributed by atoms with Gasteiger partial charge in [0.1, 0.15) is 0 Å². The molecule has 68 valence electrons. The van der Waals surface area contributed by atoms with E-state index in [-0.39, 0.29) is 10.8 Å². The Morgan fingerprint density at radius 1 is 1.42 bits per heavy atom. The zero-order valence-electron chi connectivity index (χ0n) is 8.09. The Labute approximate surface area is 73.7 Å². The van der Waals surface area contributed by atoms with Crippen molar-refractivity contribution in [3.8, 4) is 0 Å². The molecule has 0 spiro atoms. The fourth-order valence-corrected chi connectivity index (χ4v) is 3.29. The van der Waals surface area contributed by atoms with Crippen LogP contribution in [0.4, 0.5) is 0 Å². The molecule has 0 aromatic carbocycles. The van der Waals surface area contributed by atoms with Crippen molar-refractivity contribution in [2.75, 3.05) is 0 Å². The molecular formula is C10H17NO. The third kappa shape index (κ3) is 0.732. The van der Waals surface area contributed by atoms with Gasteiger partial charge in [-0.1, -0.05) is 25.9 Å². The van der Waals surface area contributed by atoms with Crippen LogP contribution in [0.15, 0.2) is 5.16 Å². The zero-order valence-corrected chi connectivity index (χ0v) is 8.09. The lowest BCUT2D eigenvalue weighted by atomic mass is 9.71. The number of hydrogen-bond acceptors (Lipinski definition) is 2. The minimum Gasteiger partial charge on any atom is -0.411 e. The Morgan fingerprint density at radius 3 is 2.42 bits per heavy atom. The van der Waals surface area contributed by atoms with Crippen LogP contribution in [0.3, 0.4) is 0 Å². The van der Waals surface area contributed by atoms with Crippen LogP contribution in [0, 0.1) is 16.7 Å². The molecule has 2 bridgehead atoms. The fraction of sp³-hybridized carbons (Fsp3) is 0.900. The summed E-state index contributed by atoms with van der Waals surface area (Å²) in [6, 6.07) is 0. The van der Waals surface area contributed by atoms with Gasteiger partial charge in [-0.05, 0) is 25.2 Å². The second-order valence-electron chi connectivity index (χ2n) is 5.17. The lowest BCUT2D eigenvalue weighted by Gasteiger charge is -2.33. The third-order valence-electron chi connectivity index (χ3n) is 4.04. The zero-order chi connectivity index (χ0) is 8.98. The average molecular weight is 167 g/mol. The molecule has 1 unspecified atom stereocenters. The van der Waals surface area contributed by atoms with E-state index in [0.29, 0.717) is 0 Å². The Morgan fingerprint density at radius 2 is 2.08 bits per heavy atom. The van der Waals surface area contributed by atoms with Crippen molar-refractivity contribution in [1.82, 2.24) is 0 Å². The highest BCUT2D eigenvalue weighted by atomic mass is 16.4. The monoisotopic (exact) mass is 167 g/mol. The minimum absolute atomic E-state index is 0.141. The van der Waals surface area contributed by atoms with Gasteiger partial charge < -0.3 is 5.21 Å². The van der Waals surface area contributed by atoms with E-state index in [0.717, 1.165) is 11.6 Å². The standard InChI is InChI=1S/C10H17NO/c1-9(2)7-4-5-10(3,6-7)8(9)11-12/h7,12H,4-6H2,1-3H3/t7?,10-/m1/s1. The van der Waals surface area contributed by atoms with Gasteiger partial charge in [0.05, 0.1) is 5.71 Å². The maximum atomic E-state index is 8.98. The van der Waals surface area contributed by atoms with Crippen molar-refractivity contribution >= 4 is 5.71 Å². The first kappa shape index (κ1) is 8.09. The number of oxime groups is 1. The van der Waals surface area contributed by atoms with Gasteiger partial charge >= 0.3 is 0 Å². The second-order valence-corrected chi connectivity index (χ2v) is 5.17. The quantitative estimate of drug-likeness (QED) is 0.436. The highest BCUT2D eigenvalue weighted by molar-refractivity contribution is 5.97. The first-order chi connectivity index (χ1) is 5.50. The summed E-state index contributed by atoms with van der Waals surface area (Å²) in [6.07, 6.45) is 3.74. The van der Waals surface area contributed by atoms with Crippen LogP contribution in [0.2, 0.25) is 0 Å². The molecule has 2 atom stereocenters. The summed E-state index contributed by atoms with van der Waals surface area (Å²) in [7, 11) is 0. The predicted molar refractivity (Wildman–Crippen MR) is 48.5 cm³/mol. The molecule has 0 radical (unpaired) electrons. The summed E-state index contributed by atoms with van der Waals surface area (Å²) in [5.74, 6) is 0.744. The second kappa shape index (κ2) is 2.04. The van der Waals surface area contributed by atoms with Crippen molar-refractivity contribution in [3.63, 3.8) is 0 Å². The van der Waals surface area contributed by atoms with E-state index >= 15 is 0 Å². The van der Waals surface area contributed by atoms with Crippen molar-refractivity contribution in [1.29, 1.82) is 0 Å². The van der Waals surface area contributed by atoms with Crippen molar-refractivity contribution < 1.29 is 5.21 Å². The summed E-state index contributed by atoms with van der Waals surface area (Å²) < 4.78 is 0. The Kier molecular flexibility index (Phi) is 1.37. The molecule has 2 saturated carbocycles. The molecule has 2 nitrogen and oxygen atoms in total. The maximum Gasteiger partial charge on any atom is 0.0688 e. The number of hydrogen-bond donors (Lipinski definition) is 1. The molecule has 2 aliphatic rings. The van der Waals surface area contributed by atoms with E-state index in [1.54, 1.807) is 0 Å². The predicted octanol–water partition coefficient (Wildman–Crippen LogP) is 2.66. The molecule has 1 N–H and O–H groups in total. The topological polar surface area (TPSA) is 32.6 Å². The molecule has 0 aromatic rings. The van der Waals surface area contributed by atoms with Gasteiger partial charge in [0.2, 0.25) is 0 Å². The van der Waals surface area contributed by atoms with Gasteiger partial charge in [0.25, 0.3) is 0 Å². The van der Waals surface area contributed by atoms with E-state index in [1.165, 1.54) is 19.3 Å². The Bertz CT molecular complexity index is 237. The highest BCUT2D eigenvalue weighted by Crippen LogP contribution is 2.60. The third-order valence-corrected chi connectivity index (χ3v) is 4.04. The first-order valence-corrected chi connectivity index (χ1v) is 4.74. The SMILES string of the molecule is CC1(C)C(=NO)[C@]2(C)CCC1C2. The normalized spacial score (nSPS) is 47.2. The molecule has 0 saturated heterocycles. The fourth-order valence-electron chi connectivity index (χ4n) is 3.29. The molecule has 0 amide bonds. The van der Waals surface area contributed by atoms with Crippen molar-refractivity contribution in [2.24, 2.45) is 21.9 Å². The molecule has 2 fully saturated rings.